The van der Waals surface area contributed by atoms with E-state index in [0.29, 0.717) is 19.6 Å². The SMILES string of the molecule is C#CCN(CC#C)Cc1cccc(C(C)N(O)C(C)(C)C)c1. The molecule has 1 rings (SSSR count). The molecule has 0 aliphatic heterocycles. The summed E-state index contributed by atoms with van der Waals surface area (Å²) < 4.78 is 0. The van der Waals surface area contributed by atoms with Crippen molar-refractivity contribution in [1.82, 2.24) is 9.96 Å². The second kappa shape index (κ2) is 8.01. The fourth-order valence-corrected chi connectivity index (χ4v) is 2.36. The van der Waals surface area contributed by atoms with E-state index < -0.39 is 0 Å². The number of hydrogen-bond donors (Lipinski definition) is 1. The molecule has 0 bridgehead atoms. The maximum Gasteiger partial charge on any atom is 0.0610 e. The summed E-state index contributed by atoms with van der Waals surface area (Å²) in [6, 6.07) is 8.08. The second-order valence-corrected chi connectivity index (χ2v) is 6.49. The number of terminal acetylenes is 2. The normalized spacial score (nSPS) is 13.0. The zero-order valence-corrected chi connectivity index (χ0v) is 14.0. The molecule has 0 saturated heterocycles. The van der Waals surface area contributed by atoms with Gasteiger partial charge in [-0.3, -0.25) is 4.90 Å². The fraction of sp³-hybridized carbons (Fsp3) is 0.474. The summed E-state index contributed by atoms with van der Waals surface area (Å²) in [6.07, 6.45) is 10.8. The Hall–Kier alpha value is -1.78. The van der Waals surface area contributed by atoms with Crippen LogP contribution in [0.5, 0.6) is 0 Å². The predicted octanol–water partition coefficient (Wildman–Crippen LogP) is 3.31. The summed E-state index contributed by atoms with van der Waals surface area (Å²) in [5, 5.41) is 11.7. The van der Waals surface area contributed by atoms with Gasteiger partial charge in [0.2, 0.25) is 0 Å². The largest absolute Gasteiger partial charge is 0.313 e. The van der Waals surface area contributed by atoms with E-state index in [9.17, 15) is 5.21 Å². The van der Waals surface area contributed by atoms with Crippen LogP contribution in [0, 0.1) is 24.7 Å². The van der Waals surface area contributed by atoms with Crippen LogP contribution < -0.4 is 0 Å². The van der Waals surface area contributed by atoms with Gasteiger partial charge >= 0.3 is 0 Å². The smallest absolute Gasteiger partial charge is 0.0610 e. The molecule has 0 saturated carbocycles. The molecule has 3 heteroatoms. The van der Waals surface area contributed by atoms with Crippen molar-refractivity contribution in [3.05, 3.63) is 35.4 Å². The van der Waals surface area contributed by atoms with Gasteiger partial charge in [-0.1, -0.05) is 36.1 Å². The van der Waals surface area contributed by atoms with Gasteiger partial charge in [0.1, 0.15) is 0 Å². The summed E-state index contributed by atoms with van der Waals surface area (Å²) in [7, 11) is 0. The Kier molecular flexibility index (Phi) is 6.65. The van der Waals surface area contributed by atoms with Gasteiger partial charge in [-0.2, -0.15) is 5.06 Å². The molecular formula is C19H26N2O. The molecule has 0 radical (unpaired) electrons. The van der Waals surface area contributed by atoms with Crippen LogP contribution in [0.2, 0.25) is 0 Å². The first-order valence-electron chi connectivity index (χ1n) is 7.46. The average Bonchev–Trinajstić information content (AvgIpc) is 2.45. The maximum atomic E-state index is 10.3. The highest BCUT2D eigenvalue weighted by molar-refractivity contribution is 5.26. The van der Waals surface area contributed by atoms with Gasteiger partial charge in [-0.25, -0.2) is 0 Å². The summed E-state index contributed by atoms with van der Waals surface area (Å²) in [4.78, 5) is 2.03. The van der Waals surface area contributed by atoms with E-state index >= 15 is 0 Å². The summed E-state index contributed by atoms with van der Waals surface area (Å²) >= 11 is 0. The molecule has 0 fully saturated rings. The maximum absolute atomic E-state index is 10.3. The molecule has 1 aromatic rings. The van der Waals surface area contributed by atoms with E-state index in [0.717, 1.165) is 11.1 Å². The lowest BCUT2D eigenvalue weighted by molar-refractivity contribution is -0.185. The lowest BCUT2D eigenvalue weighted by Gasteiger charge is -2.35. The highest BCUT2D eigenvalue weighted by Gasteiger charge is 2.25. The van der Waals surface area contributed by atoms with Gasteiger partial charge in [-0.15, -0.1) is 12.8 Å². The minimum absolute atomic E-state index is 0.0892. The minimum atomic E-state index is -0.311. The molecule has 0 aliphatic rings. The highest BCUT2D eigenvalue weighted by Crippen LogP contribution is 2.26. The Balaban J connectivity index is 2.90. The topological polar surface area (TPSA) is 26.7 Å². The molecule has 1 unspecified atom stereocenters. The molecular weight excluding hydrogens is 272 g/mol. The lowest BCUT2D eigenvalue weighted by Crippen LogP contribution is -2.40. The van der Waals surface area contributed by atoms with E-state index in [2.05, 4.69) is 24.0 Å². The standard InChI is InChI=1S/C19H26N2O/c1-7-12-20(13-8-2)15-17-10-9-11-18(14-17)16(3)21(22)19(4,5)6/h1-2,9-11,14,16,22H,12-13,15H2,3-6H3. The van der Waals surface area contributed by atoms with Crippen molar-refractivity contribution in [3.8, 4) is 24.7 Å². The highest BCUT2D eigenvalue weighted by atomic mass is 16.5. The fourth-order valence-electron chi connectivity index (χ4n) is 2.36. The van der Waals surface area contributed by atoms with Crippen LogP contribution in [0.15, 0.2) is 24.3 Å². The van der Waals surface area contributed by atoms with Crippen LogP contribution >= 0.6 is 0 Å². The number of benzene rings is 1. The molecule has 1 atom stereocenters. The number of hydrogen-bond acceptors (Lipinski definition) is 3. The zero-order valence-electron chi connectivity index (χ0n) is 14.0. The van der Waals surface area contributed by atoms with Gasteiger partial charge in [0.05, 0.1) is 19.1 Å². The second-order valence-electron chi connectivity index (χ2n) is 6.49. The van der Waals surface area contributed by atoms with Crippen LogP contribution in [-0.4, -0.2) is 33.8 Å². The van der Waals surface area contributed by atoms with Crippen molar-refractivity contribution >= 4 is 0 Å². The molecule has 0 spiro atoms. The van der Waals surface area contributed by atoms with E-state index in [1.54, 1.807) is 0 Å². The van der Waals surface area contributed by atoms with Crippen molar-refractivity contribution in [2.75, 3.05) is 13.1 Å². The first-order valence-corrected chi connectivity index (χ1v) is 7.46. The number of nitrogens with zero attached hydrogens (tertiary/aromatic N) is 2. The van der Waals surface area contributed by atoms with Gasteiger partial charge in [0, 0.05) is 12.1 Å². The Morgan fingerprint density at radius 1 is 1.18 bits per heavy atom. The molecule has 3 nitrogen and oxygen atoms in total. The number of rotatable bonds is 6. The van der Waals surface area contributed by atoms with Crippen molar-refractivity contribution in [2.24, 2.45) is 0 Å². The first-order chi connectivity index (χ1) is 10.3. The average molecular weight is 298 g/mol. The van der Waals surface area contributed by atoms with E-state index in [4.69, 9.17) is 12.8 Å². The van der Waals surface area contributed by atoms with Crippen LogP contribution in [-0.2, 0) is 6.54 Å². The molecule has 1 N–H and O–H groups in total. The van der Waals surface area contributed by atoms with Crippen molar-refractivity contribution in [3.63, 3.8) is 0 Å². The molecule has 22 heavy (non-hydrogen) atoms. The predicted molar refractivity (Wildman–Crippen MR) is 91.2 cm³/mol. The van der Waals surface area contributed by atoms with E-state index in [-0.39, 0.29) is 11.6 Å². The Morgan fingerprint density at radius 3 is 2.27 bits per heavy atom. The monoisotopic (exact) mass is 298 g/mol. The zero-order chi connectivity index (χ0) is 16.8. The molecule has 0 heterocycles. The van der Waals surface area contributed by atoms with Crippen LogP contribution in [0.25, 0.3) is 0 Å². The summed E-state index contributed by atoms with van der Waals surface area (Å²) in [5.41, 5.74) is 1.89. The van der Waals surface area contributed by atoms with Crippen molar-refractivity contribution in [1.29, 1.82) is 0 Å². The molecule has 0 aromatic heterocycles. The van der Waals surface area contributed by atoms with Gasteiger partial charge in [0.15, 0.2) is 0 Å². The van der Waals surface area contributed by atoms with E-state index in [1.165, 1.54) is 5.06 Å². The van der Waals surface area contributed by atoms with Gasteiger partial charge in [0.25, 0.3) is 0 Å². The van der Waals surface area contributed by atoms with Crippen LogP contribution in [0.3, 0.4) is 0 Å². The number of hydroxylamine groups is 2. The molecule has 0 aliphatic carbocycles. The summed E-state index contributed by atoms with van der Waals surface area (Å²) in [6.45, 7) is 9.69. The quantitative estimate of drug-likeness (QED) is 0.645. The minimum Gasteiger partial charge on any atom is -0.313 e. The first kappa shape index (κ1) is 18.3. The third-order valence-electron chi connectivity index (χ3n) is 3.52. The Bertz CT molecular complexity index is 544. The molecule has 0 amide bonds. The van der Waals surface area contributed by atoms with Crippen molar-refractivity contribution in [2.45, 2.75) is 45.8 Å². The van der Waals surface area contributed by atoms with Gasteiger partial charge in [-0.05, 0) is 38.8 Å². The molecule has 1 aromatic carbocycles. The van der Waals surface area contributed by atoms with Crippen molar-refractivity contribution < 1.29 is 5.21 Å². The molecule has 118 valence electrons. The lowest BCUT2D eigenvalue weighted by atomic mass is 10.0. The summed E-state index contributed by atoms with van der Waals surface area (Å²) in [5.74, 6) is 5.26. The third-order valence-corrected chi connectivity index (χ3v) is 3.52. The van der Waals surface area contributed by atoms with E-state index in [1.807, 2.05) is 44.7 Å². The van der Waals surface area contributed by atoms with Crippen LogP contribution in [0.1, 0.15) is 44.9 Å². The Morgan fingerprint density at radius 2 is 1.77 bits per heavy atom. The van der Waals surface area contributed by atoms with Gasteiger partial charge < -0.3 is 5.21 Å². The Labute approximate surface area is 134 Å². The van der Waals surface area contributed by atoms with Crippen LogP contribution in [0.4, 0.5) is 0 Å². The third kappa shape index (κ3) is 5.20.